The lowest BCUT2D eigenvalue weighted by Gasteiger charge is -2.64. The molecule has 53 heavy (non-hydrogen) atoms. The molecule has 9 fully saturated rings. The lowest BCUT2D eigenvalue weighted by molar-refractivity contribution is -0.578. The predicted molar refractivity (Wildman–Crippen MR) is 193 cm³/mol. The van der Waals surface area contributed by atoms with Crippen molar-refractivity contribution >= 4 is 11.9 Å². The molecular weight excluding hydrogens is 678 g/mol. The molecule has 4 saturated heterocycles. The van der Waals surface area contributed by atoms with Crippen molar-refractivity contribution in [2.24, 2.45) is 70.0 Å². The Morgan fingerprint density at radius 2 is 1.64 bits per heavy atom. The summed E-state index contributed by atoms with van der Waals surface area (Å²) in [6, 6.07) is -0.913. The first-order chi connectivity index (χ1) is 25.0. The van der Waals surface area contributed by atoms with Gasteiger partial charge in [-0.1, -0.05) is 34.6 Å². The molecule has 1 spiro atoms. The van der Waals surface area contributed by atoms with Crippen molar-refractivity contribution in [2.45, 2.75) is 180 Å². The van der Waals surface area contributed by atoms with Crippen molar-refractivity contribution in [1.29, 1.82) is 0 Å². The van der Waals surface area contributed by atoms with Crippen LogP contribution in [0.1, 0.15) is 132 Å². The standard InChI is InChI=1S/C42H67NO10/c1-21(9-13-34(46)43-24(4)36(47)48)27-11-12-30-35-31(20-33(45)41(27,30)7)39(5)16-14-26(18-25(39)19-32(35)44)49-37-23(3)29-10-8-22(2)28-15-17-40(6)51-38(50-37)42(28,29)53-52-40/h21-33,35,37-38,44-45H,8-20H2,1-7H3,(H,43,46)(H,47,48)/t21-,22-,23-,24?,25?,26-,27-,28?,29+,30?,31?,32-,33+,35?,37?,38?,39+,40?,41-,42-/m1/s1. The van der Waals surface area contributed by atoms with Crippen molar-refractivity contribution in [1.82, 2.24) is 5.32 Å². The summed E-state index contributed by atoms with van der Waals surface area (Å²) in [5.74, 6) is 0.393. The van der Waals surface area contributed by atoms with E-state index in [1.165, 1.54) is 6.92 Å². The second-order valence-corrected chi connectivity index (χ2v) is 20.0. The number of carboxylic acids is 1. The molecule has 9 unspecified atom stereocenters. The van der Waals surface area contributed by atoms with Crippen LogP contribution < -0.4 is 5.32 Å². The molecule has 300 valence electrons. The first-order valence-corrected chi connectivity index (χ1v) is 21.3. The van der Waals surface area contributed by atoms with E-state index in [0.717, 1.165) is 64.2 Å². The molecule has 0 aromatic rings. The first kappa shape index (κ1) is 38.5. The van der Waals surface area contributed by atoms with E-state index in [2.05, 4.69) is 39.9 Å². The number of hydrogen-bond acceptors (Lipinski definition) is 9. The second kappa shape index (κ2) is 13.7. The van der Waals surface area contributed by atoms with Crippen LogP contribution in [0.5, 0.6) is 0 Å². The van der Waals surface area contributed by atoms with Gasteiger partial charge in [0.25, 0.3) is 0 Å². The highest BCUT2D eigenvalue weighted by atomic mass is 17.3. The fourth-order valence-electron chi connectivity index (χ4n) is 14.4. The number of carboxylic acid groups (broad SMARTS) is 1. The van der Waals surface area contributed by atoms with Crippen LogP contribution in [0.3, 0.4) is 0 Å². The summed E-state index contributed by atoms with van der Waals surface area (Å²) in [6.45, 7) is 14.9. The molecular formula is C42H67NO10. The third-order valence-electron chi connectivity index (χ3n) is 17.5. The van der Waals surface area contributed by atoms with Gasteiger partial charge < -0.3 is 34.8 Å². The van der Waals surface area contributed by atoms with Crippen molar-refractivity contribution in [3.05, 3.63) is 0 Å². The Labute approximate surface area is 315 Å². The zero-order valence-corrected chi connectivity index (χ0v) is 33.1. The van der Waals surface area contributed by atoms with Gasteiger partial charge in [-0.25, -0.2) is 9.78 Å². The Bertz CT molecular complexity index is 1410. The van der Waals surface area contributed by atoms with Crippen LogP contribution in [0.2, 0.25) is 0 Å². The second-order valence-electron chi connectivity index (χ2n) is 20.0. The Kier molecular flexibility index (Phi) is 9.93. The van der Waals surface area contributed by atoms with Crippen LogP contribution in [-0.4, -0.2) is 75.5 Å². The predicted octanol–water partition coefficient (Wildman–Crippen LogP) is 6.19. The molecule has 11 heteroatoms. The van der Waals surface area contributed by atoms with Gasteiger partial charge in [0.15, 0.2) is 18.2 Å². The summed E-state index contributed by atoms with van der Waals surface area (Å²) in [5, 5.41) is 35.9. The summed E-state index contributed by atoms with van der Waals surface area (Å²) in [6.07, 6.45) is 9.30. The summed E-state index contributed by atoms with van der Waals surface area (Å²) in [5.41, 5.74) is -0.931. The van der Waals surface area contributed by atoms with Crippen molar-refractivity contribution in [2.75, 3.05) is 0 Å². The van der Waals surface area contributed by atoms with Gasteiger partial charge in [0.2, 0.25) is 11.7 Å². The largest absolute Gasteiger partial charge is 0.480 e. The van der Waals surface area contributed by atoms with Gasteiger partial charge in [0, 0.05) is 24.7 Å². The molecule has 0 aromatic carbocycles. The minimum absolute atomic E-state index is 0.00778. The van der Waals surface area contributed by atoms with Gasteiger partial charge in [-0.2, -0.15) is 0 Å². The molecule has 4 aliphatic heterocycles. The van der Waals surface area contributed by atoms with Crippen LogP contribution in [0.15, 0.2) is 0 Å². The zero-order valence-electron chi connectivity index (χ0n) is 33.1. The van der Waals surface area contributed by atoms with Crippen LogP contribution in [-0.2, 0) is 33.6 Å². The molecule has 4 heterocycles. The minimum Gasteiger partial charge on any atom is -0.480 e. The van der Waals surface area contributed by atoms with Gasteiger partial charge in [-0.3, -0.25) is 9.59 Å². The third kappa shape index (κ3) is 5.98. The number of aliphatic hydroxyl groups is 2. The number of fused-ring (bicyclic) bond motifs is 7. The summed E-state index contributed by atoms with van der Waals surface area (Å²) in [4.78, 5) is 36.1. The summed E-state index contributed by atoms with van der Waals surface area (Å²) < 4.78 is 20.4. The van der Waals surface area contributed by atoms with Crippen molar-refractivity contribution < 1.29 is 48.9 Å². The summed E-state index contributed by atoms with van der Waals surface area (Å²) in [7, 11) is 0. The van der Waals surface area contributed by atoms with E-state index in [1.54, 1.807) is 0 Å². The number of ether oxygens (including phenoxy) is 3. The maximum atomic E-state index is 12.5. The maximum Gasteiger partial charge on any atom is 0.325 e. The fraction of sp³-hybridized carbons (Fsp3) is 0.952. The van der Waals surface area contributed by atoms with E-state index in [1.807, 2.05) is 6.92 Å². The van der Waals surface area contributed by atoms with Crippen LogP contribution in [0.25, 0.3) is 0 Å². The topological polar surface area (TPSA) is 153 Å². The highest BCUT2D eigenvalue weighted by Gasteiger charge is 2.70. The number of carbonyl (C=O) groups is 2. The monoisotopic (exact) mass is 745 g/mol. The quantitative estimate of drug-likeness (QED) is 0.167. The SMILES string of the molecule is CC(NC(=O)CC[C@@H](C)[C@H]1CCC2C3C(C[C@H](O)[C@@]21C)[C@@]1(C)CC[C@@H](OC2OC4OC5(C)CCC6[C@H](C)CC[C@@H]([C@H]2C)[C@@]46OO5)CC1C[C@H]3O)C(=O)O. The Balaban J connectivity index is 0.935. The maximum absolute atomic E-state index is 12.5. The van der Waals surface area contributed by atoms with Gasteiger partial charge in [-0.05, 0) is 143 Å². The third-order valence-corrected chi connectivity index (χ3v) is 17.5. The molecule has 11 nitrogen and oxygen atoms in total. The van der Waals surface area contributed by atoms with Crippen molar-refractivity contribution in [3.8, 4) is 0 Å². The summed E-state index contributed by atoms with van der Waals surface area (Å²) >= 11 is 0. The molecule has 0 aromatic heterocycles. The van der Waals surface area contributed by atoms with Crippen LogP contribution >= 0.6 is 0 Å². The Morgan fingerprint density at radius 1 is 0.887 bits per heavy atom. The Hall–Kier alpha value is -1.34. The highest BCUT2D eigenvalue weighted by Crippen LogP contribution is 2.69. The fourth-order valence-corrected chi connectivity index (χ4v) is 14.4. The number of nitrogens with one attached hydrogen (secondary N) is 1. The van der Waals surface area contributed by atoms with E-state index < -0.39 is 48.2 Å². The van der Waals surface area contributed by atoms with E-state index in [-0.39, 0.29) is 70.7 Å². The van der Waals surface area contributed by atoms with Gasteiger partial charge >= 0.3 is 5.97 Å². The molecule has 2 bridgehead atoms. The van der Waals surface area contributed by atoms with E-state index in [9.17, 15) is 24.9 Å². The number of amides is 1. The average Bonchev–Trinajstić information content (AvgIpc) is 3.31. The molecule has 1 amide bonds. The number of aliphatic carboxylic acids is 1. The molecule has 9 aliphatic rings. The van der Waals surface area contributed by atoms with E-state index in [4.69, 9.17) is 24.0 Å². The van der Waals surface area contributed by atoms with E-state index in [0.29, 0.717) is 30.6 Å². The van der Waals surface area contributed by atoms with Crippen LogP contribution in [0.4, 0.5) is 0 Å². The van der Waals surface area contributed by atoms with Crippen molar-refractivity contribution in [3.63, 3.8) is 0 Å². The molecule has 20 atom stereocenters. The zero-order chi connectivity index (χ0) is 37.8. The molecule has 0 radical (unpaired) electrons. The van der Waals surface area contributed by atoms with Gasteiger partial charge in [0.05, 0.1) is 18.3 Å². The van der Waals surface area contributed by atoms with E-state index >= 15 is 0 Å². The lowest BCUT2D eigenvalue weighted by Crippen LogP contribution is -2.70. The molecule has 9 rings (SSSR count). The van der Waals surface area contributed by atoms with Gasteiger partial charge in [0.1, 0.15) is 6.04 Å². The minimum atomic E-state index is -1.04. The smallest absolute Gasteiger partial charge is 0.325 e. The Morgan fingerprint density at radius 3 is 2.40 bits per heavy atom. The van der Waals surface area contributed by atoms with Crippen LogP contribution in [0, 0.1) is 70.0 Å². The molecule has 4 N–H and O–H groups in total. The molecule has 5 saturated carbocycles. The number of aliphatic hydroxyl groups excluding tert-OH is 2. The number of hydrogen-bond donors (Lipinski definition) is 4. The average molecular weight is 746 g/mol. The normalized spacial score (nSPS) is 54.0. The number of carbonyl (C=O) groups excluding carboxylic acids is 1. The first-order valence-electron chi connectivity index (χ1n) is 21.3. The van der Waals surface area contributed by atoms with Gasteiger partial charge in [-0.15, -0.1) is 0 Å². The molecule has 5 aliphatic carbocycles. The lowest BCUT2D eigenvalue weighted by atomic mass is 9.43. The number of rotatable bonds is 8. The highest BCUT2D eigenvalue weighted by molar-refractivity contribution is 5.83.